The molecule has 0 spiro atoms. The van der Waals surface area contributed by atoms with Crippen molar-refractivity contribution in [1.29, 1.82) is 0 Å². The minimum absolute atomic E-state index is 0.283. The lowest BCUT2D eigenvalue weighted by Crippen LogP contribution is -2.39. The van der Waals surface area contributed by atoms with Crippen LogP contribution in [0.3, 0.4) is 0 Å². The summed E-state index contributed by atoms with van der Waals surface area (Å²) in [6, 6.07) is 15.8. The molecule has 3 N–H and O–H groups in total. The van der Waals surface area contributed by atoms with Gasteiger partial charge in [0.05, 0.1) is 6.54 Å². The topological polar surface area (TPSA) is 87.3 Å². The smallest absolute Gasteiger partial charge is 0.313 e. The number of para-hydroxylation sites is 1. The summed E-state index contributed by atoms with van der Waals surface area (Å²) in [5, 5.41) is 7.34. The highest BCUT2D eigenvalue weighted by Crippen LogP contribution is 2.08. The van der Waals surface area contributed by atoms with Crippen LogP contribution in [-0.2, 0) is 14.4 Å². The van der Waals surface area contributed by atoms with Crippen LogP contribution in [0.25, 0.3) is 0 Å². The zero-order valence-electron chi connectivity index (χ0n) is 12.6. The number of benzene rings is 2. The second-order valence-electron chi connectivity index (χ2n) is 4.92. The molecule has 0 aliphatic carbocycles. The number of anilines is 2. The second-order valence-corrected chi connectivity index (χ2v) is 4.92. The van der Waals surface area contributed by atoms with Crippen molar-refractivity contribution in [2.45, 2.75) is 6.92 Å². The lowest BCUT2D eigenvalue weighted by Gasteiger charge is -2.07. The van der Waals surface area contributed by atoms with E-state index in [1.807, 2.05) is 19.1 Å². The summed E-state index contributed by atoms with van der Waals surface area (Å²) in [4.78, 5) is 35.0. The number of amides is 3. The fourth-order valence-corrected chi connectivity index (χ4v) is 1.79. The average molecular weight is 311 g/mol. The van der Waals surface area contributed by atoms with Crippen LogP contribution in [0.2, 0.25) is 0 Å². The first-order chi connectivity index (χ1) is 11.0. The van der Waals surface area contributed by atoms with Crippen molar-refractivity contribution < 1.29 is 14.4 Å². The van der Waals surface area contributed by atoms with E-state index in [1.54, 1.807) is 42.5 Å². The van der Waals surface area contributed by atoms with Crippen LogP contribution in [0.4, 0.5) is 11.4 Å². The second kappa shape index (κ2) is 7.74. The summed E-state index contributed by atoms with van der Waals surface area (Å²) in [6.07, 6.45) is 0. The van der Waals surface area contributed by atoms with Crippen molar-refractivity contribution in [3.05, 3.63) is 60.2 Å². The highest BCUT2D eigenvalue weighted by Gasteiger charge is 2.14. The van der Waals surface area contributed by atoms with Crippen LogP contribution in [-0.4, -0.2) is 24.3 Å². The van der Waals surface area contributed by atoms with Crippen LogP contribution in [0, 0.1) is 6.92 Å². The molecule has 2 aromatic rings. The first kappa shape index (κ1) is 16.2. The van der Waals surface area contributed by atoms with Gasteiger partial charge in [-0.1, -0.05) is 35.9 Å². The van der Waals surface area contributed by atoms with E-state index < -0.39 is 17.7 Å². The number of aryl methyl sites for hydroxylation is 1. The Morgan fingerprint density at radius 1 is 0.783 bits per heavy atom. The zero-order valence-corrected chi connectivity index (χ0v) is 12.6. The van der Waals surface area contributed by atoms with Gasteiger partial charge in [-0.2, -0.15) is 0 Å². The fraction of sp³-hybridized carbons (Fsp3) is 0.118. The number of carbonyl (C=O) groups excluding carboxylic acids is 3. The number of hydrogen-bond acceptors (Lipinski definition) is 3. The zero-order chi connectivity index (χ0) is 16.7. The van der Waals surface area contributed by atoms with Gasteiger partial charge in [-0.05, 0) is 31.2 Å². The van der Waals surface area contributed by atoms with Crippen LogP contribution in [0.1, 0.15) is 5.56 Å². The monoisotopic (exact) mass is 311 g/mol. The molecule has 3 amide bonds. The minimum Gasteiger partial charge on any atom is -0.339 e. The van der Waals surface area contributed by atoms with Crippen molar-refractivity contribution in [3.63, 3.8) is 0 Å². The van der Waals surface area contributed by atoms with Gasteiger partial charge in [-0.25, -0.2) is 0 Å². The Bertz CT molecular complexity index is 697. The van der Waals surface area contributed by atoms with Gasteiger partial charge in [0.1, 0.15) is 0 Å². The minimum atomic E-state index is -0.868. The molecule has 0 bridgehead atoms. The molecule has 0 radical (unpaired) electrons. The van der Waals surface area contributed by atoms with Crippen LogP contribution < -0.4 is 16.0 Å². The molecule has 0 fully saturated rings. The standard InChI is InChI=1S/C17H17N3O3/c1-12-7-9-14(10-8-12)19-15(21)11-18-16(22)17(23)20-13-5-3-2-4-6-13/h2-10H,11H2,1H3,(H,18,22)(H,19,21)(H,20,23). The molecule has 2 rings (SSSR count). The largest absolute Gasteiger partial charge is 0.339 e. The van der Waals surface area contributed by atoms with Crippen molar-refractivity contribution in [3.8, 4) is 0 Å². The van der Waals surface area contributed by atoms with E-state index in [-0.39, 0.29) is 6.54 Å². The van der Waals surface area contributed by atoms with Gasteiger partial charge in [0.2, 0.25) is 5.91 Å². The van der Waals surface area contributed by atoms with Crippen LogP contribution in [0.15, 0.2) is 54.6 Å². The highest BCUT2D eigenvalue weighted by molar-refractivity contribution is 6.39. The van der Waals surface area contributed by atoms with Crippen molar-refractivity contribution in [1.82, 2.24) is 5.32 Å². The van der Waals surface area contributed by atoms with Crippen LogP contribution in [0.5, 0.6) is 0 Å². The molecule has 2 aromatic carbocycles. The van der Waals surface area contributed by atoms with Crippen molar-refractivity contribution >= 4 is 29.1 Å². The molecule has 0 aromatic heterocycles. The average Bonchev–Trinajstić information content (AvgIpc) is 2.55. The predicted octanol–water partition coefficient (Wildman–Crippen LogP) is 1.69. The van der Waals surface area contributed by atoms with Crippen molar-refractivity contribution in [2.24, 2.45) is 0 Å². The SMILES string of the molecule is Cc1ccc(NC(=O)CNC(=O)C(=O)Nc2ccccc2)cc1. The molecule has 118 valence electrons. The highest BCUT2D eigenvalue weighted by atomic mass is 16.2. The lowest BCUT2D eigenvalue weighted by molar-refractivity contribution is -0.136. The van der Waals surface area contributed by atoms with Crippen molar-refractivity contribution in [2.75, 3.05) is 17.2 Å². The molecular formula is C17H17N3O3. The van der Waals surface area contributed by atoms with Gasteiger partial charge in [0.15, 0.2) is 0 Å². The van der Waals surface area contributed by atoms with Gasteiger partial charge < -0.3 is 16.0 Å². The Balaban J connectivity index is 1.78. The Labute approximate surface area is 133 Å². The number of rotatable bonds is 4. The Morgan fingerprint density at radius 3 is 2.04 bits per heavy atom. The van der Waals surface area contributed by atoms with Gasteiger partial charge in [-0.3, -0.25) is 14.4 Å². The van der Waals surface area contributed by atoms with E-state index >= 15 is 0 Å². The van der Waals surface area contributed by atoms with E-state index in [9.17, 15) is 14.4 Å². The van der Waals surface area contributed by atoms with E-state index in [0.717, 1.165) is 5.56 Å². The molecule has 23 heavy (non-hydrogen) atoms. The van der Waals surface area contributed by atoms with E-state index in [4.69, 9.17) is 0 Å². The van der Waals surface area contributed by atoms with Gasteiger partial charge in [0, 0.05) is 11.4 Å². The maximum absolute atomic E-state index is 11.7. The molecular weight excluding hydrogens is 294 g/mol. The molecule has 0 saturated heterocycles. The summed E-state index contributed by atoms with van der Waals surface area (Å²) in [7, 11) is 0. The summed E-state index contributed by atoms with van der Waals surface area (Å²) < 4.78 is 0. The predicted molar refractivity (Wildman–Crippen MR) is 87.9 cm³/mol. The Kier molecular flexibility index (Phi) is 5.46. The van der Waals surface area contributed by atoms with Gasteiger partial charge >= 0.3 is 11.8 Å². The third-order valence-electron chi connectivity index (χ3n) is 2.98. The maximum atomic E-state index is 11.7. The molecule has 6 heteroatoms. The lowest BCUT2D eigenvalue weighted by atomic mass is 10.2. The van der Waals surface area contributed by atoms with Gasteiger partial charge in [0.25, 0.3) is 0 Å². The third kappa shape index (κ3) is 5.28. The Morgan fingerprint density at radius 2 is 1.39 bits per heavy atom. The molecule has 0 aliphatic rings. The van der Waals surface area contributed by atoms with E-state index in [0.29, 0.717) is 11.4 Å². The number of carbonyl (C=O) groups is 3. The van der Waals surface area contributed by atoms with Crippen LogP contribution >= 0.6 is 0 Å². The first-order valence-corrected chi connectivity index (χ1v) is 7.05. The summed E-state index contributed by atoms with van der Waals surface area (Å²) in [5.74, 6) is -2.10. The number of nitrogens with one attached hydrogen (secondary N) is 3. The molecule has 0 saturated carbocycles. The third-order valence-corrected chi connectivity index (χ3v) is 2.98. The number of hydrogen-bond donors (Lipinski definition) is 3. The summed E-state index contributed by atoms with van der Waals surface area (Å²) in [6.45, 7) is 1.66. The fourth-order valence-electron chi connectivity index (χ4n) is 1.79. The maximum Gasteiger partial charge on any atom is 0.313 e. The molecule has 0 aliphatic heterocycles. The first-order valence-electron chi connectivity index (χ1n) is 7.05. The summed E-state index contributed by atoms with van der Waals surface area (Å²) >= 11 is 0. The molecule has 0 atom stereocenters. The Hall–Kier alpha value is -3.15. The molecule has 0 heterocycles. The normalized spacial score (nSPS) is 9.78. The molecule has 0 unspecified atom stereocenters. The van der Waals surface area contributed by atoms with E-state index in [2.05, 4.69) is 16.0 Å². The summed E-state index contributed by atoms with van der Waals surface area (Å²) in [5.41, 5.74) is 2.22. The van der Waals surface area contributed by atoms with E-state index in [1.165, 1.54) is 0 Å². The van der Waals surface area contributed by atoms with Gasteiger partial charge in [-0.15, -0.1) is 0 Å². The quantitative estimate of drug-likeness (QED) is 0.751. The molecule has 6 nitrogen and oxygen atoms in total.